The Bertz CT molecular complexity index is 222. The van der Waals surface area contributed by atoms with Gasteiger partial charge in [0.1, 0.15) is 0 Å². The van der Waals surface area contributed by atoms with Gasteiger partial charge in [-0.2, -0.15) is 5.11 Å². The summed E-state index contributed by atoms with van der Waals surface area (Å²) in [6, 6.07) is 0. The zero-order valence-electron chi connectivity index (χ0n) is 6.02. The molecule has 0 radical (unpaired) electrons. The maximum absolute atomic E-state index is 10.3. The van der Waals surface area contributed by atoms with Crippen LogP contribution in [0.3, 0.4) is 0 Å². The van der Waals surface area contributed by atoms with E-state index in [0.29, 0.717) is 6.61 Å². The Hall–Kier alpha value is -1.23. The Balaban J connectivity index is 2.56. The first-order valence-electron chi connectivity index (χ1n) is 3.21. The molecule has 0 aliphatic carbocycles. The maximum Gasteiger partial charge on any atom is 0.356 e. The monoisotopic (exact) mass is 156 g/mol. The number of carboxylic acid groups (broad SMARTS) is 1. The van der Waals surface area contributed by atoms with Crippen molar-refractivity contribution < 1.29 is 14.6 Å². The minimum Gasteiger partial charge on any atom is -0.476 e. The van der Waals surface area contributed by atoms with Gasteiger partial charge < -0.3 is 9.84 Å². The smallest absolute Gasteiger partial charge is 0.356 e. The summed E-state index contributed by atoms with van der Waals surface area (Å²) in [5, 5.41) is 15.4. The molecule has 0 aromatic rings. The fourth-order valence-corrected chi connectivity index (χ4v) is 0.687. The lowest BCUT2D eigenvalue weighted by molar-refractivity contribution is -0.132. The summed E-state index contributed by atoms with van der Waals surface area (Å²) in [5.41, 5.74) is -0.0524. The Kier molecular flexibility index (Phi) is 2.32. The molecule has 11 heavy (non-hydrogen) atoms. The van der Waals surface area contributed by atoms with E-state index in [2.05, 4.69) is 10.2 Å². The molecule has 0 saturated carbocycles. The number of carbonyl (C=O) groups is 1. The number of hydrogen-bond donors (Lipinski definition) is 1. The highest BCUT2D eigenvalue weighted by atomic mass is 16.5. The molecule has 1 unspecified atom stereocenters. The van der Waals surface area contributed by atoms with Crippen molar-refractivity contribution in [2.24, 2.45) is 10.2 Å². The first-order valence-corrected chi connectivity index (χ1v) is 3.21. The summed E-state index contributed by atoms with van der Waals surface area (Å²) in [6.07, 6.45) is 0.859. The zero-order valence-corrected chi connectivity index (χ0v) is 6.02. The predicted molar refractivity (Wildman–Crippen MR) is 36.0 cm³/mol. The first kappa shape index (κ1) is 7.87. The molecule has 1 aliphatic heterocycles. The predicted octanol–water partition coefficient (Wildman–Crippen LogP) is 0.783. The fraction of sp³-hybridized carbons (Fsp3) is 0.500. The van der Waals surface area contributed by atoms with Crippen molar-refractivity contribution in [2.45, 2.75) is 13.2 Å². The average Bonchev–Trinajstić information content (AvgIpc) is 2.37. The van der Waals surface area contributed by atoms with E-state index in [9.17, 15) is 4.79 Å². The van der Waals surface area contributed by atoms with Gasteiger partial charge in [0.15, 0.2) is 11.9 Å². The maximum atomic E-state index is 10.3. The summed E-state index contributed by atoms with van der Waals surface area (Å²) in [4.78, 5) is 10.3. The zero-order chi connectivity index (χ0) is 8.27. The van der Waals surface area contributed by atoms with Crippen LogP contribution in [0.4, 0.5) is 0 Å². The molecule has 1 heterocycles. The number of rotatable bonds is 3. The van der Waals surface area contributed by atoms with Gasteiger partial charge in [-0.3, -0.25) is 0 Å². The van der Waals surface area contributed by atoms with Gasteiger partial charge in [-0.1, -0.05) is 0 Å². The van der Waals surface area contributed by atoms with E-state index in [0.717, 1.165) is 0 Å². The molecule has 1 aliphatic rings. The largest absolute Gasteiger partial charge is 0.476 e. The van der Waals surface area contributed by atoms with Crippen molar-refractivity contribution in [1.29, 1.82) is 0 Å². The van der Waals surface area contributed by atoms with Gasteiger partial charge in [-0.25, -0.2) is 4.79 Å². The number of ether oxygens (including phenoxy) is 1. The molecule has 0 amide bonds. The molecule has 0 spiro atoms. The third kappa shape index (κ3) is 1.84. The second-order valence-corrected chi connectivity index (χ2v) is 1.92. The third-order valence-corrected chi connectivity index (χ3v) is 1.14. The number of azo groups is 1. The molecule has 1 rings (SSSR count). The van der Waals surface area contributed by atoms with Crippen molar-refractivity contribution in [1.82, 2.24) is 0 Å². The van der Waals surface area contributed by atoms with E-state index in [1.165, 1.54) is 6.08 Å². The van der Waals surface area contributed by atoms with Gasteiger partial charge in [-0.05, 0) is 6.92 Å². The molecule has 5 heteroatoms. The van der Waals surface area contributed by atoms with Crippen LogP contribution in [0.2, 0.25) is 0 Å². The summed E-state index contributed by atoms with van der Waals surface area (Å²) in [6.45, 7) is 2.30. The number of nitrogens with zero attached hydrogens (tertiary/aromatic N) is 2. The molecule has 5 nitrogen and oxygen atoms in total. The second kappa shape index (κ2) is 3.25. The normalized spacial score (nSPS) is 21.9. The molecule has 0 fully saturated rings. The molecule has 0 aromatic carbocycles. The van der Waals surface area contributed by atoms with E-state index in [-0.39, 0.29) is 5.70 Å². The van der Waals surface area contributed by atoms with Gasteiger partial charge >= 0.3 is 5.97 Å². The van der Waals surface area contributed by atoms with Crippen LogP contribution in [-0.4, -0.2) is 23.9 Å². The Morgan fingerprint density at radius 3 is 3.09 bits per heavy atom. The van der Waals surface area contributed by atoms with E-state index in [4.69, 9.17) is 9.84 Å². The van der Waals surface area contributed by atoms with Gasteiger partial charge in [0.25, 0.3) is 0 Å². The highest BCUT2D eigenvalue weighted by molar-refractivity contribution is 5.86. The number of hydrogen-bond acceptors (Lipinski definition) is 4. The topological polar surface area (TPSA) is 71.2 Å². The van der Waals surface area contributed by atoms with Gasteiger partial charge in [-0.15, -0.1) is 5.11 Å². The summed E-state index contributed by atoms with van der Waals surface area (Å²) >= 11 is 0. The van der Waals surface area contributed by atoms with Crippen molar-refractivity contribution in [3.63, 3.8) is 0 Å². The van der Waals surface area contributed by atoms with E-state index in [1.807, 2.05) is 6.92 Å². The Morgan fingerprint density at radius 2 is 2.64 bits per heavy atom. The van der Waals surface area contributed by atoms with Crippen LogP contribution in [0.1, 0.15) is 6.92 Å². The number of carboxylic acids is 1. The molecule has 0 saturated heterocycles. The molecule has 60 valence electrons. The molecular formula is C6H8N2O3. The SMILES string of the molecule is CCOC1C=C(C(=O)O)N=N1. The highest BCUT2D eigenvalue weighted by Gasteiger charge is 2.16. The third-order valence-electron chi connectivity index (χ3n) is 1.14. The lowest BCUT2D eigenvalue weighted by Crippen LogP contribution is -2.04. The van der Waals surface area contributed by atoms with Crippen LogP contribution in [-0.2, 0) is 9.53 Å². The van der Waals surface area contributed by atoms with Crippen LogP contribution in [0.15, 0.2) is 22.0 Å². The molecule has 1 atom stereocenters. The minimum atomic E-state index is -1.07. The fourth-order valence-electron chi connectivity index (χ4n) is 0.687. The first-order chi connectivity index (χ1) is 5.24. The van der Waals surface area contributed by atoms with Crippen molar-refractivity contribution in [3.8, 4) is 0 Å². The van der Waals surface area contributed by atoms with Gasteiger partial charge in [0.2, 0.25) is 0 Å². The van der Waals surface area contributed by atoms with E-state index < -0.39 is 12.2 Å². The summed E-state index contributed by atoms with van der Waals surface area (Å²) < 4.78 is 4.98. The van der Waals surface area contributed by atoms with Crippen LogP contribution in [0, 0.1) is 0 Å². The van der Waals surface area contributed by atoms with E-state index in [1.54, 1.807) is 0 Å². The molecular weight excluding hydrogens is 148 g/mol. The average molecular weight is 156 g/mol. The molecule has 0 aromatic heterocycles. The standard InChI is InChI=1S/C6H8N2O3/c1-2-11-5-3-4(6(9)10)7-8-5/h3,5H,2H2,1H3,(H,9,10). The second-order valence-electron chi connectivity index (χ2n) is 1.92. The van der Waals surface area contributed by atoms with Crippen molar-refractivity contribution >= 4 is 5.97 Å². The minimum absolute atomic E-state index is 0.0524. The lowest BCUT2D eigenvalue weighted by atomic mass is 10.4. The Labute approximate surface area is 63.4 Å². The van der Waals surface area contributed by atoms with Crippen LogP contribution >= 0.6 is 0 Å². The highest BCUT2D eigenvalue weighted by Crippen LogP contribution is 2.13. The molecule has 1 N–H and O–H groups in total. The number of aliphatic carboxylic acids is 1. The van der Waals surface area contributed by atoms with Crippen LogP contribution in [0.25, 0.3) is 0 Å². The van der Waals surface area contributed by atoms with Crippen LogP contribution in [0.5, 0.6) is 0 Å². The molecule has 0 bridgehead atoms. The Morgan fingerprint density at radius 1 is 1.91 bits per heavy atom. The summed E-state index contributed by atoms with van der Waals surface area (Å²) in [7, 11) is 0. The lowest BCUT2D eigenvalue weighted by Gasteiger charge is -1.99. The van der Waals surface area contributed by atoms with E-state index >= 15 is 0 Å². The van der Waals surface area contributed by atoms with Gasteiger partial charge in [0.05, 0.1) is 0 Å². The quantitative estimate of drug-likeness (QED) is 0.656. The van der Waals surface area contributed by atoms with Crippen molar-refractivity contribution in [2.75, 3.05) is 6.61 Å². The summed E-state index contributed by atoms with van der Waals surface area (Å²) in [5.74, 6) is -1.07. The van der Waals surface area contributed by atoms with Gasteiger partial charge in [0, 0.05) is 12.7 Å². The van der Waals surface area contributed by atoms with Crippen LogP contribution < -0.4 is 0 Å². The van der Waals surface area contributed by atoms with Crippen molar-refractivity contribution in [3.05, 3.63) is 11.8 Å².